The Morgan fingerprint density at radius 1 is 0.291 bits per heavy atom. The SMILES string of the molecule is c1ccc2c(c1)ccc1c2c2ccccc2c2c1c1ccccc1n2-c1ccc(-n2c3ccccc3c3c4ccccc4c4c5ccccc5oc4c32)cc1. The lowest BCUT2D eigenvalue weighted by atomic mass is 9.93. The fraction of sp³-hybridized carbons (Fsp3) is 0. The third-order valence-electron chi connectivity index (χ3n) is 12.0. The van der Waals surface area contributed by atoms with E-state index in [9.17, 15) is 0 Å². The number of para-hydroxylation sites is 3. The molecule has 0 atom stereocenters. The Morgan fingerprint density at radius 2 is 0.764 bits per heavy atom. The van der Waals surface area contributed by atoms with Gasteiger partial charge in [-0.05, 0) is 80.2 Å². The molecule has 3 nitrogen and oxygen atoms in total. The molecule has 13 rings (SSSR count). The van der Waals surface area contributed by atoms with Gasteiger partial charge in [0.05, 0.1) is 22.1 Å². The van der Waals surface area contributed by atoms with Crippen molar-refractivity contribution in [2.24, 2.45) is 0 Å². The Morgan fingerprint density at radius 3 is 1.44 bits per heavy atom. The number of hydrogen-bond donors (Lipinski definition) is 0. The highest BCUT2D eigenvalue weighted by Gasteiger charge is 2.24. The molecule has 0 fully saturated rings. The molecule has 0 aliphatic carbocycles. The summed E-state index contributed by atoms with van der Waals surface area (Å²) in [7, 11) is 0. The molecule has 0 unspecified atom stereocenters. The molecule has 55 heavy (non-hydrogen) atoms. The molecule has 3 aromatic heterocycles. The molecule has 0 aliphatic rings. The molecule has 0 N–H and O–H groups in total. The minimum absolute atomic E-state index is 0.904. The van der Waals surface area contributed by atoms with E-state index < -0.39 is 0 Å². The molecule has 3 heterocycles. The van der Waals surface area contributed by atoms with Gasteiger partial charge in [-0.3, -0.25) is 0 Å². The van der Waals surface area contributed by atoms with Crippen LogP contribution in [0.4, 0.5) is 0 Å². The van der Waals surface area contributed by atoms with Gasteiger partial charge in [-0.15, -0.1) is 0 Å². The highest BCUT2D eigenvalue weighted by Crippen LogP contribution is 2.47. The predicted octanol–water partition coefficient (Wildman–Crippen LogP) is 14.4. The van der Waals surface area contributed by atoms with Crippen molar-refractivity contribution in [1.82, 2.24) is 9.13 Å². The zero-order valence-corrected chi connectivity index (χ0v) is 29.6. The van der Waals surface area contributed by atoms with Gasteiger partial charge in [0.1, 0.15) is 5.58 Å². The fourth-order valence-corrected chi connectivity index (χ4v) is 9.86. The highest BCUT2D eigenvalue weighted by molar-refractivity contribution is 6.37. The van der Waals surface area contributed by atoms with E-state index in [1.807, 2.05) is 0 Å². The molecule has 0 saturated heterocycles. The van der Waals surface area contributed by atoms with Crippen molar-refractivity contribution in [3.8, 4) is 11.4 Å². The van der Waals surface area contributed by atoms with Crippen LogP contribution in [0.1, 0.15) is 0 Å². The number of fused-ring (bicyclic) bond motifs is 20. The summed E-state index contributed by atoms with van der Waals surface area (Å²) in [5.41, 5.74) is 8.73. The molecule has 13 aromatic rings. The van der Waals surface area contributed by atoms with Crippen LogP contribution < -0.4 is 0 Å². The van der Waals surface area contributed by atoms with E-state index in [1.54, 1.807) is 0 Å². The van der Waals surface area contributed by atoms with Crippen molar-refractivity contribution in [2.45, 2.75) is 0 Å². The Kier molecular flexibility index (Phi) is 5.63. The van der Waals surface area contributed by atoms with E-state index >= 15 is 0 Å². The van der Waals surface area contributed by atoms with Crippen molar-refractivity contribution in [3.05, 3.63) is 182 Å². The summed E-state index contributed by atoms with van der Waals surface area (Å²) in [6.07, 6.45) is 0. The molecule has 0 amide bonds. The standard InChI is InChI=1S/C52H30N2O/c1-2-14-34-31(13-1)25-30-42-46(34)37-17-5-6-18-38(37)50-48(42)40-20-8-10-22-43(40)53(50)32-26-28-33(29-27-32)54-44-23-11-7-19-39(44)47-35-15-3-4-16-36(35)49-41-21-9-12-24-45(41)55-52(49)51(47)54/h1-30H. The molecule has 254 valence electrons. The lowest BCUT2D eigenvalue weighted by Gasteiger charge is -2.15. The number of nitrogens with zero attached hydrogens (tertiary/aromatic N) is 2. The van der Waals surface area contributed by atoms with Crippen molar-refractivity contribution in [3.63, 3.8) is 0 Å². The van der Waals surface area contributed by atoms with Crippen LogP contribution in [0.15, 0.2) is 186 Å². The van der Waals surface area contributed by atoms with Gasteiger partial charge < -0.3 is 13.6 Å². The molecule has 10 aromatic carbocycles. The average Bonchev–Trinajstić information content (AvgIpc) is 3.93. The second kappa shape index (κ2) is 10.6. The maximum absolute atomic E-state index is 6.82. The zero-order valence-electron chi connectivity index (χ0n) is 29.6. The van der Waals surface area contributed by atoms with Crippen LogP contribution in [-0.4, -0.2) is 9.13 Å². The van der Waals surface area contributed by atoms with Crippen molar-refractivity contribution >= 4 is 109 Å². The molecule has 3 heteroatoms. The molecular formula is C52H30N2O. The topological polar surface area (TPSA) is 23.0 Å². The summed E-state index contributed by atoms with van der Waals surface area (Å²) in [4.78, 5) is 0. The van der Waals surface area contributed by atoms with Gasteiger partial charge in [-0.25, -0.2) is 0 Å². The first kappa shape index (κ1) is 29.1. The molecule has 0 aliphatic heterocycles. The fourth-order valence-electron chi connectivity index (χ4n) is 9.86. The maximum atomic E-state index is 6.82. The minimum atomic E-state index is 0.904. The quantitative estimate of drug-likeness (QED) is 0.165. The van der Waals surface area contributed by atoms with E-state index in [0.717, 1.165) is 44.3 Å². The monoisotopic (exact) mass is 698 g/mol. The van der Waals surface area contributed by atoms with E-state index in [0.29, 0.717) is 0 Å². The van der Waals surface area contributed by atoms with Crippen molar-refractivity contribution < 1.29 is 4.42 Å². The predicted molar refractivity (Wildman–Crippen MR) is 232 cm³/mol. The zero-order chi connectivity index (χ0) is 35.8. The largest absolute Gasteiger partial charge is 0.454 e. The second-order valence-corrected chi connectivity index (χ2v) is 14.8. The average molecular weight is 699 g/mol. The van der Waals surface area contributed by atoms with Crippen LogP contribution >= 0.6 is 0 Å². The number of benzene rings is 10. The lowest BCUT2D eigenvalue weighted by molar-refractivity contribution is 0.671. The van der Waals surface area contributed by atoms with Crippen LogP contribution in [0.25, 0.3) is 120 Å². The first-order chi connectivity index (χ1) is 27.3. The summed E-state index contributed by atoms with van der Waals surface area (Å²) in [5.74, 6) is 0. The summed E-state index contributed by atoms with van der Waals surface area (Å²) >= 11 is 0. The maximum Gasteiger partial charge on any atom is 0.160 e. The third kappa shape index (κ3) is 3.74. The molecular weight excluding hydrogens is 669 g/mol. The van der Waals surface area contributed by atoms with Crippen molar-refractivity contribution in [2.75, 3.05) is 0 Å². The smallest absolute Gasteiger partial charge is 0.160 e. The first-order valence-electron chi connectivity index (χ1n) is 18.9. The highest BCUT2D eigenvalue weighted by atomic mass is 16.3. The number of aromatic nitrogens is 2. The van der Waals surface area contributed by atoms with Crippen LogP contribution in [0.5, 0.6) is 0 Å². The van der Waals surface area contributed by atoms with Gasteiger partial charge in [0, 0.05) is 49.1 Å². The van der Waals surface area contributed by atoms with Gasteiger partial charge in [-0.1, -0.05) is 140 Å². The van der Waals surface area contributed by atoms with Gasteiger partial charge in [0.25, 0.3) is 0 Å². The van der Waals surface area contributed by atoms with Crippen LogP contribution in [0, 0.1) is 0 Å². The van der Waals surface area contributed by atoms with Crippen LogP contribution in [0.3, 0.4) is 0 Å². The third-order valence-corrected chi connectivity index (χ3v) is 12.0. The van der Waals surface area contributed by atoms with Crippen molar-refractivity contribution in [1.29, 1.82) is 0 Å². The summed E-state index contributed by atoms with van der Waals surface area (Å²) < 4.78 is 11.7. The van der Waals surface area contributed by atoms with Crippen LogP contribution in [-0.2, 0) is 0 Å². The Hall–Kier alpha value is -7.36. The van der Waals surface area contributed by atoms with E-state index in [1.165, 1.54) is 75.7 Å². The normalized spacial score (nSPS) is 12.4. The number of hydrogen-bond acceptors (Lipinski definition) is 1. The summed E-state index contributed by atoms with van der Waals surface area (Å²) in [6, 6.07) is 66.3. The van der Waals surface area contributed by atoms with Gasteiger partial charge in [0.15, 0.2) is 5.58 Å². The Bertz CT molecular complexity index is 3760. The number of rotatable bonds is 2. The van der Waals surface area contributed by atoms with Gasteiger partial charge >= 0.3 is 0 Å². The lowest BCUT2D eigenvalue weighted by Crippen LogP contribution is -1.98. The van der Waals surface area contributed by atoms with Gasteiger partial charge in [0.2, 0.25) is 0 Å². The first-order valence-corrected chi connectivity index (χ1v) is 18.9. The Balaban J connectivity index is 1.13. The summed E-state index contributed by atoms with van der Waals surface area (Å²) in [5, 5.41) is 17.4. The molecule has 0 spiro atoms. The molecule has 0 bridgehead atoms. The summed E-state index contributed by atoms with van der Waals surface area (Å²) in [6.45, 7) is 0. The molecule has 0 saturated carbocycles. The van der Waals surface area contributed by atoms with Gasteiger partial charge in [-0.2, -0.15) is 0 Å². The van der Waals surface area contributed by atoms with E-state index in [4.69, 9.17) is 4.42 Å². The molecule has 0 radical (unpaired) electrons. The second-order valence-electron chi connectivity index (χ2n) is 14.8. The van der Waals surface area contributed by atoms with E-state index in [-0.39, 0.29) is 0 Å². The minimum Gasteiger partial charge on any atom is -0.454 e. The Labute approximate surface area is 314 Å². The van der Waals surface area contributed by atoms with E-state index in [2.05, 4.69) is 191 Å². The van der Waals surface area contributed by atoms with Crippen LogP contribution in [0.2, 0.25) is 0 Å². The number of furan rings is 1.